The number of ether oxygens (including phenoxy) is 1. The molecule has 1 heterocycles. The average Bonchev–Trinajstić information content (AvgIpc) is 3.11. The van der Waals surface area contributed by atoms with E-state index in [1.54, 1.807) is 25.1 Å². The topological polar surface area (TPSA) is 137 Å². The minimum atomic E-state index is -1.06. The van der Waals surface area contributed by atoms with E-state index in [9.17, 15) is 19.6 Å². The molecule has 0 aliphatic heterocycles. The second kappa shape index (κ2) is 9.19. The van der Waals surface area contributed by atoms with Crippen LogP contribution < -0.4 is 10.6 Å². The molecule has 2 atom stereocenters. The molecular weight excluding hydrogens is 374 g/mol. The van der Waals surface area contributed by atoms with Crippen molar-refractivity contribution in [3.63, 3.8) is 0 Å². The molecule has 3 N–H and O–H groups in total. The molecule has 1 aromatic heterocycles. The minimum absolute atomic E-state index is 0.0368. The number of nitrogens with one attached hydrogen (secondary N) is 3. The normalized spacial score (nSPS) is 13.9. The number of amides is 2. The van der Waals surface area contributed by atoms with E-state index in [-0.39, 0.29) is 24.6 Å². The Labute approximate surface area is 168 Å². The minimum Gasteiger partial charge on any atom is -0.452 e. The van der Waals surface area contributed by atoms with E-state index in [4.69, 9.17) is 4.74 Å². The van der Waals surface area contributed by atoms with E-state index in [2.05, 4.69) is 26.9 Å². The fourth-order valence-electron chi connectivity index (χ4n) is 2.47. The molecule has 0 saturated heterocycles. The monoisotopic (exact) mass is 399 g/mol. The van der Waals surface area contributed by atoms with Gasteiger partial charge in [0.2, 0.25) is 0 Å². The van der Waals surface area contributed by atoms with Crippen LogP contribution in [0.1, 0.15) is 44.6 Å². The number of benzene rings is 1. The molecular formula is C20H25N5O4. The van der Waals surface area contributed by atoms with Crippen LogP contribution in [0.4, 0.5) is 0 Å². The lowest BCUT2D eigenvalue weighted by molar-refractivity contribution is -0.155. The van der Waals surface area contributed by atoms with Crippen LogP contribution in [0.15, 0.2) is 24.3 Å². The number of carbonyl (C=O) groups excluding carboxylic acids is 3. The lowest BCUT2D eigenvalue weighted by atomic mass is 9.90. The summed E-state index contributed by atoms with van der Waals surface area (Å²) in [6, 6.07) is 9.27. The summed E-state index contributed by atoms with van der Waals surface area (Å²) < 4.78 is 5.09. The third kappa shape index (κ3) is 5.31. The predicted molar refractivity (Wildman–Crippen MR) is 106 cm³/mol. The maximum atomic E-state index is 12.2. The first-order chi connectivity index (χ1) is 13.7. The standard InChI is InChI=1S/C20H25N5O4/c1-12(2)20(4,11-21)23-18(27)13(3)29-16(26)9-10-22-19(28)17-14-7-5-6-8-15(14)24-25-17/h5-8,12-13H,9-10H2,1-4H3,(H,22,28)(H,23,27)(H,24,25). The Hall–Kier alpha value is -3.41. The first-order valence-corrected chi connectivity index (χ1v) is 9.32. The van der Waals surface area contributed by atoms with E-state index < -0.39 is 29.4 Å². The number of para-hydroxylation sites is 1. The first kappa shape index (κ1) is 21.9. The zero-order valence-electron chi connectivity index (χ0n) is 16.9. The number of nitriles is 1. The highest BCUT2D eigenvalue weighted by molar-refractivity contribution is 6.04. The Morgan fingerprint density at radius 2 is 1.97 bits per heavy atom. The number of nitrogens with zero attached hydrogens (tertiary/aromatic N) is 2. The van der Waals surface area contributed by atoms with Gasteiger partial charge >= 0.3 is 5.97 Å². The van der Waals surface area contributed by atoms with E-state index in [1.807, 2.05) is 19.9 Å². The van der Waals surface area contributed by atoms with Crippen LogP contribution in [-0.4, -0.2) is 46.2 Å². The predicted octanol–water partition coefficient (Wildman–Crippen LogP) is 1.67. The molecule has 9 heteroatoms. The fourth-order valence-corrected chi connectivity index (χ4v) is 2.47. The van der Waals surface area contributed by atoms with E-state index in [1.165, 1.54) is 6.92 Å². The summed E-state index contributed by atoms with van der Waals surface area (Å²) in [4.78, 5) is 36.4. The summed E-state index contributed by atoms with van der Waals surface area (Å²) in [5.74, 6) is -1.72. The van der Waals surface area contributed by atoms with Gasteiger partial charge in [0.05, 0.1) is 18.0 Å². The van der Waals surface area contributed by atoms with E-state index >= 15 is 0 Å². The molecule has 0 aliphatic carbocycles. The smallest absolute Gasteiger partial charge is 0.308 e. The molecule has 0 aliphatic rings. The maximum absolute atomic E-state index is 12.2. The van der Waals surface area contributed by atoms with Crippen molar-refractivity contribution in [3.05, 3.63) is 30.0 Å². The molecule has 0 fully saturated rings. The van der Waals surface area contributed by atoms with Crippen molar-refractivity contribution in [2.45, 2.75) is 45.8 Å². The molecule has 1 aromatic carbocycles. The van der Waals surface area contributed by atoms with E-state index in [0.29, 0.717) is 5.39 Å². The van der Waals surface area contributed by atoms with Crippen molar-refractivity contribution in [1.82, 2.24) is 20.8 Å². The number of hydrogen-bond acceptors (Lipinski definition) is 6. The van der Waals surface area contributed by atoms with Crippen molar-refractivity contribution < 1.29 is 19.1 Å². The summed E-state index contributed by atoms with van der Waals surface area (Å²) in [5.41, 5.74) is -0.0771. The number of hydrogen-bond donors (Lipinski definition) is 3. The molecule has 0 radical (unpaired) electrons. The zero-order valence-corrected chi connectivity index (χ0v) is 16.9. The highest BCUT2D eigenvalue weighted by Gasteiger charge is 2.32. The van der Waals surface area contributed by atoms with Gasteiger partial charge in [0.15, 0.2) is 11.8 Å². The second-order valence-corrected chi connectivity index (χ2v) is 7.21. The molecule has 2 unspecified atom stereocenters. The highest BCUT2D eigenvalue weighted by atomic mass is 16.5. The van der Waals surface area contributed by atoms with Gasteiger partial charge in [0, 0.05) is 11.9 Å². The summed E-state index contributed by atoms with van der Waals surface area (Å²) in [6.07, 6.45) is -1.16. The quantitative estimate of drug-likeness (QED) is 0.578. The van der Waals surface area contributed by atoms with Gasteiger partial charge in [-0.1, -0.05) is 32.0 Å². The summed E-state index contributed by atoms with van der Waals surface area (Å²) in [5, 5.41) is 21.9. The van der Waals surface area contributed by atoms with Crippen LogP contribution in [-0.2, 0) is 14.3 Å². The summed E-state index contributed by atoms with van der Waals surface area (Å²) >= 11 is 0. The Kier molecular flexibility index (Phi) is 6.93. The number of H-pyrrole nitrogens is 1. The Balaban J connectivity index is 1.81. The summed E-state index contributed by atoms with van der Waals surface area (Å²) in [7, 11) is 0. The van der Waals surface area contributed by atoms with Crippen LogP contribution >= 0.6 is 0 Å². The Morgan fingerprint density at radius 3 is 2.62 bits per heavy atom. The van der Waals surface area contributed by atoms with Crippen LogP contribution in [0.5, 0.6) is 0 Å². The Morgan fingerprint density at radius 1 is 1.28 bits per heavy atom. The molecule has 9 nitrogen and oxygen atoms in total. The van der Waals surface area contributed by atoms with E-state index in [0.717, 1.165) is 5.52 Å². The summed E-state index contributed by atoms with van der Waals surface area (Å²) in [6.45, 7) is 6.70. The molecule has 2 aromatic rings. The molecule has 0 saturated carbocycles. The molecule has 2 amide bonds. The average molecular weight is 399 g/mol. The number of esters is 1. The van der Waals surface area contributed by atoms with Gasteiger partial charge in [-0.2, -0.15) is 10.4 Å². The highest BCUT2D eigenvalue weighted by Crippen LogP contribution is 2.16. The van der Waals surface area contributed by atoms with Gasteiger partial charge in [-0.3, -0.25) is 19.5 Å². The third-order valence-corrected chi connectivity index (χ3v) is 4.75. The SMILES string of the molecule is CC(OC(=O)CCNC(=O)c1n[nH]c2ccccc12)C(=O)NC(C)(C#N)C(C)C. The molecule has 0 bridgehead atoms. The van der Waals surface area contributed by atoms with Gasteiger partial charge in [0.25, 0.3) is 11.8 Å². The number of aromatic amines is 1. The van der Waals surface area contributed by atoms with Crippen molar-refractivity contribution in [1.29, 1.82) is 5.26 Å². The molecule has 0 spiro atoms. The maximum Gasteiger partial charge on any atom is 0.308 e. The van der Waals surface area contributed by atoms with Gasteiger partial charge in [-0.05, 0) is 25.8 Å². The molecule has 154 valence electrons. The first-order valence-electron chi connectivity index (χ1n) is 9.32. The lowest BCUT2D eigenvalue weighted by Crippen LogP contribution is -2.52. The zero-order chi connectivity index (χ0) is 21.6. The van der Waals surface area contributed by atoms with Crippen LogP contribution in [0.3, 0.4) is 0 Å². The fraction of sp³-hybridized carbons (Fsp3) is 0.450. The van der Waals surface area contributed by atoms with Crippen molar-refractivity contribution in [2.24, 2.45) is 5.92 Å². The Bertz CT molecular complexity index is 946. The van der Waals surface area contributed by atoms with Gasteiger partial charge in [0.1, 0.15) is 5.54 Å². The third-order valence-electron chi connectivity index (χ3n) is 4.75. The van der Waals surface area contributed by atoms with Crippen molar-refractivity contribution in [3.8, 4) is 6.07 Å². The molecule has 2 rings (SSSR count). The number of fused-ring (bicyclic) bond motifs is 1. The van der Waals surface area contributed by atoms with Crippen LogP contribution in [0, 0.1) is 17.2 Å². The van der Waals surface area contributed by atoms with Gasteiger partial charge < -0.3 is 15.4 Å². The van der Waals surface area contributed by atoms with Crippen molar-refractivity contribution >= 4 is 28.7 Å². The second-order valence-electron chi connectivity index (χ2n) is 7.21. The van der Waals surface area contributed by atoms with Gasteiger partial charge in [-0.15, -0.1) is 0 Å². The number of carbonyl (C=O) groups is 3. The largest absolute Gasteiger partial charge is 0.452 e. The van der Waals surface area contributed by atoms with Crippen molar-refractivity contribution in [2.75, 3.05) is 6.54 Å². The number of rotatable bonds is 8. The van der Waals surface area contributed by atoms with Gasteiger partial charge in [-0.25, -0.2) is 0 Å². The number of aromatic nitrogens is 2. The van der Waals surface area contributed by atoms with Crippen LogP contribution in [0.25, 0.3) is 10.9 Å². The van der Waals surface area contributed by atoms with Crippen LogP contribution in [0.2, 0.25) is 0 Å². The lowest BCUT2D eigenvalue weighted by Gasteiger charge is -2.28. The molecule has 29 heavy (non-hydrogen) atoms.